The topological polar surface area (TPSA) is 22.1 Å². The van der Waals surface area contributed by atoms with Crippen LogP contribution in [0.25, 0.3) is 0 Å². The summed E-state index contributed by atoms with van der Waals surface area (Å²) in [5.74, 6) is 2.41. The molecule has 4 heteroatoms. The fourth-order valence-corrected chi connectivity index (χ4v) is 3.48. The minimum Gasteiger partial charge on any atom is -0.491 e. The Hall–Kier alpha value is -1.00. The zero-order valence-corrected chi connectivity index (χ0v) is 12.1. The molecule has 18 heavy (non-hydrogen) atoms. The first-order valence-electron chi connectivity index (χ1n) is 5.79. The van der Waals surface area contributed by atoms with Gasteiger partial charge in [0.2, 0.25) is 0 Å². The molecule has 1 aromatic carbocycles. The number of ether oxygens (including phenoxy) is 1. The maximum absolute atomic E-state index is 5.81. The van der Waals surface area contributed by atoms with E-state index < -0.39 is 0 Å². The molecule has 0 spiro atoms. The Labute approximate surface area is 119 Å². The molecule has 92 valence electrons. The third-order valence-electron chi connectivity index (χ3n) is 2.95. The summed E-state index contributed by atoms with van der Waals surface area (Å²) in [5.41, 5.74) is 1.41. The quantitative estimate of drug-likeness (QED) is 0.794. The molecular weight excluding hydrogens is 310 g/mol. The van der Waals surface area contributed by atoms with Crippen LogP contribution in [0.3, 0.4) is 0 Å². The van der Waals surface area contributed by atoms with E-state index in [0.717, 1.165) is 16.1 Å². The Morgan fingerprint density at radius 1 is 1.28 bits per heavy atom. The van der Waals surface area contributed by atoms with Crippen molar-refractivity contribution in [1.82, 2.24) is 4.98 Å². The Morgan fingerprint density at radius 2 is 2.17 bits per heavy atom. The van der Waals surface area contributed by atoms with Crippen LogP contribution >= 0.6 is 27.7 Å². The number of hydrogen-bond acceptors (Lipinski definition) is 3. The van der Waals surface area contributed by atoms with Gasteiger partial charge in [-0.1, -0.05) is 18.2 Å². The lowest BCUT2D eigenvalue weighted by molar-refractivity contribution is 0.297. The number of nitrogens with zero attached hydrogens (tertiary/aromatic N) is 1. The maximum Gasteiger partial charge on any atom is 0.137 e. The summed E-state index contributed by atoms with van der Waals surface area (Å²) in [7, 11) is 0. The Morgan fingerprint density at radius 3 is 3.00 bits per heavy atom. The standard InChI is InChI=1S/C14H12BrNOS/c15-14-6-5-11(7-16-14)17-8-10-9-18-13-4-2-1-3-12(10)13/h1-7,10H,8-9H2. The van der Waals surface area contributed by atoms with Gasteiger partial charge in [0, 0.05) is 16.6 Å². The first-order chi connectivity index (χ1) is 8.83. The fraction of sp³-hybridized carbons (Fsp3) is 0.214. The molecule has 0 N–H and O–H groups in total. The molecule has 2 aromatic rings. The van der Waals surface area contributed by atoms with Gasteiger partial charge in [-0.3, -0.25) is 0 Å². The highest BCUT2D eigenvalue weighted by Gasteiger charge is 2.23. The summed E-state index contributed by atoms with van der Waals surface area (Å²) < 4.78 is 6.64. The molecule has 1 aliphatic heterocycles. The first kappa shape index (κ1) is 12.1. The Balaban J connectivity index is 1.67. The lowest BCUT2D eigenvalue weighted by atomic mass is 10.0. The third kappa shape index (κ3) is 2.54. The molecular formula is C14H12BrNOS. The average molecular weight is 322 g/mol. The van der Waals surface area contributed by atoms with Gasteiger partial charge < -0.3 is 4.74 Å². The Bertz CT molecular complexity index is 544. The monoisotopic (exact) mass is 321 g/mol. The largest absolute Gasteiger partial charge is 0.491 e. The van der Waals surface area contributed by atoms with Crippen molar-refractivity contribution in [2.45, 2.75) is 10.8 Å². The minimum absolute atomic E-state index is 0.481. The molecule has 0 saturated heterocycles. The molecule has 0 bridgehead atoms. The van der Waals surface area contributed by atoms with E-state index in [4.69, 9.17) is 4.74 Å². The van der Waals surface area contributed by atoms with Gasteiger partial charge in [0.25, 0.3) is 0 Å². The molecule has 2 heterocycles. The molecule has 0 saturated carbocycles. The summed E-state index contributed by atoms with van der Waals surface area (Å²) in [6, 6.07) is 12.4. The highest BCUT2D eigenvalue weighted by atomic mass is 79.9. The third-order valence-corrected chi connectivity index (χ3v) is 4.67. The molecule has 1 aliphatic rings. The van der Waals surface area contributed by atoms with Crippen LogP contribution in [0.1, 0.15) is 11.5 Å². The van der Waals surface area contributed by atoms with Crippen LogP contribution in [0, 0.1) is 0 Å². The lowest BCUT2D eigenvalue weighted by Crippen LogP contribution is -2.09. The number of benzene rings is 1. The van der Waals surface area contributed by atoms with Crippen LogP contribution in [-0.2, 0) is 0 Å². The van der Waals surface area contributed by atoms with Crippen LogP contribution < -0.4 is 4.74 Å². The van der Waals surface area contributed by atoms with Gasteiger partial charge >= 0.3 is 0 Å². The predicted molar refractivity (Wildman–Crippen MR) is 77.3 cm³/mol. The van der Waals surface area contributed by atoms with E-state index in [-0.39, 0.29) is 0 Å². The second kappa shape index (κ2) is 5.33. The normalized spacial score (nSPS) is 17.5. The number of pyridine rings is 1. The number of hydrogen-bond donors (Lipinski definition) is 0. The first-order valence-corrected chi connectivity index (χ1v) is 7.57. The van der Waals surface area contributed by atoms with Crippen molar-refractivity contribution in [2.24, 2.45) is 0 Å². The number of rotatable bonds is 3. The second-order valence-corrected chi connectivity index (χ2v) is 6.05. The summed E-state index contributed by atoms with van der Waals surface area (Å²) in [5, 5.41) is 0. The second-order valence-electron chi connectivity index (χ2n) is 4.17. The maximum atomic E-state index is 5.81. The SMILES string of the molecule is Brc1ccc(OCC2CSc3ccccc32)cn1. The molecule has 1 unspecified atom stereocenters. The van der Waals surface area contributed by atoms with E-state index in [1.54, 1.807) is 6.20 Å². The van der Waals surface area contributed by atoms with Crippen molar-refractivity contribution in [3.05, 3.63) is 52.8 Å². The number of aromatic nitrogens is 1. The van der Waals surface area contributed by atoms with E-state index in [0.29, 0.717) is 12.5 Å². The van der Waals surface area contributed by atoms with Crippen molar-refractivity contribution in [2.75, 3.05) is 12.4 Å². The summed E-state index contributed by atoms with van der Waals surface area (Å²) in [6.45, 7) is 0.716. The lowest BCUT2D eigenvalue weighted by Gasteiger charge is -2.12. The highest BCUT2D eigenvalue weighted by Crippen LogP contribution is 2.39. The molecule has 1 aromatic heterocycles. The van der Waals surface area contributed by atoms with E-state index in [1.165, 1.54) is 10.5 Å². The van der Waals surface area contributed by atoms with Crippen LogP contribution in [0.4, 0.5) is 0 Å². The summed E-state index contributed by atoms with van der Waals surface area (Å²) in [4.78, 5) is 5.54. The zero-order chi connectivity index (χ0) is 12.4. The number of thioether (sulfide) groups is 1. The Kier molecular flexibility index (Phi) is 3.57. The average Bonchev–Trinajstić information content (AvgIpc) is 2.82. The molecule has 0 aliphatic carbocycles. The number of halogens is 1. The van der Waals surface area contributed by atoms with E-state index >= 15 is 0 Å². The van der Waals surface area contributed by atoms with Gasteiger partial charge in [0.1, 0.15) is 10.4 Å². The van der Waals surface area contributed by atoms with Gasteiger partial charge in [0.15, 0.2) is 0 Å². The molecule has 0 radical (unpaired) electrons. The summed E-state index contributed by atoms with van der Waals surface area (Å²) in [6.07, 6.45) is 1.75. The molecule has 3 rings (SSSR count). The van der Waals surface area contributed by atoms with Crippen molar-refractivity contribution in [1.29, 1.82) is 0 Å². The zero-order valence-electron chi connectivity index (χ0n) is 9.67. The fourth-order valence-electron chi connectivity index (χ4n) is 2.01. The van der Waals surface area contributed by atoms with Crippen molar-refractivity contribution in [3.63, 3.8) is 0 Å². The molecule has 0 fully saturated rings. The van der Waals surface area contributed by atoms with Gasteiger partial charge in [0.05, 0.1) is 12.8 Å². The number of fused-ring (bicyclic) bond motifs is 1. The van der Waals surface area contributed by atoms with Gasteiger partial charge in [-0.15, -0.1) is 11.8 Å². The van der Waals surface area contributed by atoms with Crippen LogP contribution in [0.15, 0.2) is 52.1 Å². The predicted octanol–water partition coefficient (Wildman–Crippen LogP) is 4.11. The van der Waals surface area contributed by atoms with Crippen LogP contribution in [0.2, 0.25) is 0 Å². The minimum atomic E-state index is 0.481. The molecule has 1 atom stereocenters. The van der Waals surface area contributed by atoms with Crippen molar-refractivity contribution < 1.29 is 4.74 Å². The van der Waals surface area contributed by atoms with Crippen LogP contribution in [-0.4, -0.2) is 17.3 Å². The van der Waals surface area contributed by atoms with Crippen molar-refractivity contribution >= 4 is 27.7 Å². The summed E-state index contributed by atoms with van der Waals surface area (Å²) >= 11 is 5.22. The molecule has 0 amide bonds. The van der Waals surface area contributed by atoms with Crippen LogP contribution in [0.5, 0.6) is 5.75 Å². The van der Waals surface area contributed by atoms with Gasteiger partial charge in [-0.25, -0.2) is 4.98 Å². The molecule has 2 nitrogen and oxygen atoms in total. The van der Waals surface area contributed by atoms with E-state index in [9.17, 15) is 0 Å². The van der Waals surface area contributed by atoms with Crippen molar-refractivity contribution in [3.8, 4) is 5.75 Å². The highest BCUT2D eigenvalue weighted by molar-refractivity contribution is 9.10. The van der Waals surface area contributed by atoms with Gasteiger partial charge in [-0.05, 0) is 39.7 Å². The van der Waals surface area contributed by atoms with E-state index in [1.807, 2.05) is 23.9 Å². The smallest absolute Gasteiger partial charge is 0.137 e. The van der Waals surface area contributed by atoms with Gasteiger partial charge in [-0.2, -0.15) is 0 Å². The van der Waals surface area contributed by atoms with E-state index in [2.05, 4.69) is 45.2 Å².